The van der Waals surface area contributed by atoms with Gasteiger partial charge < -0.3 is 9.64 Å². The van der Waals surface area contributed by atoms with Crippen LogP contribution in [-0.2, 0) is 0 Å². The molecule has 3 nitrogen and oxygen atoms in total. The van der Waals surface area contributed by atoms with Crippen LogP contribution in [-0.4, -0.2) is 24.8 Å². The number of hydrogen-bond acceptors (Lipinski definition) is 2. The summed E-state index contributed by atoms with van der Waals surface area (Å²) in [6.07, 6.45) is 2.93. The first-order valence-corrected chi connectivity index (χ1v) is 8.68. The van der Waals surface area contributed by atoms with Crippen LogP contribution in [0.25, 0.3) is 0 Å². The Morgan fingerprint density at radius 3 is 2.62 bits per heavy atom. The normalized spacial score (nSPS) is 11.1. The third-order valence-electron chi connectivity index (χ3n) is 3.58. The van der Waals surface area contributed by atoms with Crippen molar-refractivity contribution in [2.24, 2.45) is 4.99 Å². The quantitative estimate of drug-likeness (QED) is 0.444. The molecular weight excluding hydrogens is 371 g/mol. The molecule has 0 amide bonds. The highest BCUT2D eigenvalue weighted by Crippen LogP contribution is 2.32. The van der Waals surface area contributed by atoms with Gasteiger partial charge in [0, 0.05) is 13.6 Å². The van der Waals surface area contributed by atoms with Gasteiger partial charge in [-0.25, -0.2) is 9.38 Å². The highest BCUT2D eigenvalue weighted by atomic mass is 79.9. The maximum atomic E-state index is 13.3. The van der Waals surface area contributed by atoms with E-state index >= 15 is 0 Å². The Morgan fingerprint density at radius 2 is 1.96 bits per heavy atom. The highest BCUT2D eigenvalue weighted by molar-refractivity contribution is 9.10. The SMILES string of the molecule is CCCN(C)/C=N/c1cc(C)c(Oc2ccc(F)c(Br)c2)cc1C. The van der Waals surface area contributed by atoms with Crippen molar-refractivity contribution in [3.05, 3.63) is 51.7 Å². The van der Waals surface area contributed by atoms with Crippen LogP contribution in [0.4, 0.5) is 10.1 Å². The number of rotatable bonds is 6. The molecule has 0 aliphatic carbocycles. The lowest BCUT2D eigenvalue weighted by atomic mass is 10.1. The van der Waals surface area contributed by atoms with Crippen LogP contribution < -0.4 is 4.74 Å². The van der Waals surface area contributed by atoms with E-state index in [9.17, 15) is 4.39 Å². The van der Waals surface area contributed by atoms with Crippen molar-refractivity contribution in [1.82, 2.24) is 4.90 Å². The van der Waals surface area contributed by atoms with Crippen molar-refractivity contribution in [1.29, 1.82) is 0 Å². The fourth-order valence-electron chi connectivity index (χ4n) is 2.26. The van der Waals surface area contributed by atoms with Gasteiger partial charge >= 0.3 is 0 Å². The van der Waals surface area contributed by atoms with E-state index in [1.807, 2.05) is 39.4 Å². The Balaban J connectivity index is 2.21. The number of nitrogens with zero attached hydrogens (tertiary/aromatic N) is 2. The summed E-state index contributed by atoms with van der Waals surface area (Å²) in [5, 5.41) is 0. The highest BCUT2D eigenvalue weighted by Gasteiger charge is 2.08. The van der Waals surface area contributed by atoms with E-state index in [0.29, 0.717) is 10.2 Å². The molecule has 128 valence electrons. The van der Waals surface area contributed by atoms with Crippen LogP contribution >= 0.6 is 15.9 Å². The van der Waals surface area contributed by atoms with Crippen LogP contribution in [0.1, 0.15) is 24.5 Å². The van der Waals surface area contributed by atoms with E-state index < -0.39 is 0 Å². The van der Waals surface area contributed by atoms with Crippen LogP contribution in [0.5, 0.6) is 11.5 Å². The number of aryl methyl sites for hydroxylation is 2. The molecule has 0 heterocycles. The van der Waals surface area contributed by atoms with E-state index in [-0.39, 0.29) is 5.82 Å². The molecule has 2 aromatic rings. The lowest BCUT2D eigenvalue weighted by Gasteiger charge is -2.13. The molecule has 0 aromatic heterocycles. The zero-order valence-electron chi connectivity index (χ0n) is 14.4. The van der Waals surface area contributed by atoms with E-state index in [1.165, 1.54) is 6.07 Å². The fraction of sp³-hybridized carbons (Fsp3) is 0.316. The molecular formula is C19H22BrFN2O. The summed E-state index contributed by atoms with van der Waals surface area (Å²) in [5.74, 6) is 1.02. The Hall–Kier alpha value is -1.88. The summed E-state index contributed by atoms with van der Waals surface area (Å²) in [4.78, 5) is 6.61. The standard InChI is InChI=1S/C19H22BrFN2O/c1-5-8-23(4)12-22-18-9-14(3)19(10-13(18)2)24-15-6-7-17(21)16(20)11-15/h6-7,9-12H,5,8H2,1-4H3/b22-12+. The molecule has 0 saturated carbocycles. The topological polar surface area (TPSA) is 24.8 Å². The van der Waals surface area contributed by atoms with Crippen LogP contribution in [0.2, 0.25) is 0 Å². The predicted octanol–water partition coefficient (Wildman–Crippen LogP) is 6.00. The second-order valence-corrected chi connectivity index (χ2v) is 6.66. The van der Waals surface area contributed by atoms with Gasteiger partial charge in [0.15, 0.2) is 0 Å². The molecule has 0 atom stereocenters. The summed E-state index contributed by atoms with van der Waals surface area (Å²) in [6.45, 7) is 7.09. The first-order valence-electron chi connectivity index (χ1n) is 7.89. The second kappa shape index (κ2) is 8.29. The van der Waals surface area contributed by atoms with Gasteiger partial charge in [-0.15, -0.1) is 0 Å². The zero-order valence-corrected chi connectivity index (χ0v) is 16.0. The average molecular weight is 393 g/mol. The smallest absolute Gasteiger partial charge is 0.137 e. The third kappa shape index (κ3) is 4.81. The van der Waals surface area contributed by atoms with Crippen molar-refractivity contribution in [2.75, 3.05) is 13.6 Å². The maximum absolute atomic E-state index is 13.3. The summed E-state index contributed by atoms with van der Waals surface area (Å²) in [5.41, 5.74) is 2.92. The molecule has 0 radical (unpaired) electrons. The molecule has 0 saturated heterocycles. The van der Waals surface area contributed by atoms with Crippen molar-refractivity contribution in [3.63, 3.8) is 0 Å². The Labute approximate surface area is 151 Å². The van der Waals surface area contributed by atoms with Gasteiger partial charge in [-0.05, 0) is 77.7 Å². The molecule has 0 N–H and O–H groups in total. The number of halogens is 2. The predicted molar refractivity (Wildman–Crippen MR) is 101 cm³/mol. The fourth-order valence-corrected chi connectivity index (χ4v) is 2.62. The molecule has 0 aliphatic rings. The molecule has 0 spiro atoms. The van der Waals surface area contributed by atoms with Crippen LogP contribution in [0.3, 0.4) is 0 Å². The first-order chi connectivity index (χ1) is 11.4. The summed E-state index contributed by atoms with van der Waals surface area (Å²) < 4.78 is 19.6. The Morgan fingerprint density at radius 1 is 1.21 bits per heavy atom. The van der Waals surface area contributed by atoms with Gasteiger partial charge in [-0.3, -0.25) is 0 Å². The lowest BCUT2D eigenvalue weighted by Crippen LogP contribution is -2.16. The van der Waals surface area contributed by atoms with Gasteiger partial charge in [-0.1, -0.05) is 6.92 Å². The molecule has 2 rings (SSSR count). The van der Waals surface area contributed by atoms with Gasteiger partial charge in [0.05, 0.1) is 16.5 Å². The number of hydrogen-bond donors (Lipinski definition) is 0. The Bertz CT molecular complexity index is 746. The average Bonchev–Trinajstić information content (AvgIpc) is 2.53. The molecule has 0 bridgehead atoms. The summed E-state index contributed by atoms with van der Waals surface area (Å²) in [6, 6.07) is 8.57. The second-order valence-electron chi connectivity index (χ2n) is 5.81. The third-order valence-corrected chi connectivity index (χ3v) is 4.19. The molecule has 24 heavy (non-hydrogen) atoms. The monoisotopic (exact) mass is 392 g/mol. The van der Waals surface area contributed by atoms with Gasteiger partial charge in [0.2, 0.25) is 0 Å². The van der Waals surface area contributed by atoms with E-state index in [2.05, 4.69) is 32.7 Å². The van der Waals surface area contributed by atoms with E-state index in [1.54, 1.807) is 12.1 Å². The van der Waals surface area contributed by atoms with E-state index in [4.69, 9.17) is 4.74 Å². The summed E-state index contributed by atoms with van der Waals surface area (Å²) >= 11 is 3.17. The molecule has 2 aromatic carbocycles. The lowest BCUT2D eigenvalue weighted by molar-refractivity contribution is 0.476. The van der Waals surface area contributed by atoms with Gasteiger partial charge in [0.25, 0.3) is 0 Å². The zero-order chi connectivity index (χ0) is 17.7. The maximum Gasteiger partial charge on any atom is 0.137 e. The number of ether oxygens (including phenoxy) is 1. The first kappa shape index (κ1) is 18.5. The van der Waals surface area contributed by atoms with Crippen molar-refractivity contribution in [3.8, 4) is 11.5 Å². The summed E-state index contributed by atoms with van der Waals surface area (Å²) in [7, 11) is 2.01. The molecule has 0 fully saturated rings. The minimum atomic E-state index is -0.309. The number of benzene rings is 2. The Kier molecular flexibility index (Phi) is 6.37. The van der Waals surface area contributed by atoms with Crippen LogP contribution in [0, 0.1) is 19.7 Å². The van der Waals surface area contributed by atoms with Crippen LogP contribution in [0.15, 0.2) is 39.8 Å². The number of aliphatic imine (C=N–C) groups is 1. The minimum absolute atomic E-state index is 0.309. The van der Waals surface area contributed by atoms with E-state index in [0.717, 1.165) is 35.5 Å². The van der Waals surface area contributed by atoms with Crippen molar-refractivity contribution >= 4 is 28.0 Å². The largest absolute Gasteiger partial charge is 0.457 e. The van der Waals surface area contributed by atoms with Crippen molar-refractivity contribution < 1.29 is 9.13 Å². The van der Waals surface area contributed by atoms with Crippen molar-refractivity contribution in [2.45, 2.75) is 27.2 Å². The molecule has 0 aliphatic heterocycles. The van der Waals surface area contributed by atoms with Gasteiger partial charge in [0.1, 0.15) is 17.3 Å². The molecule has 0 unspecified atom stereocenters. The minimum Gasteiger partial charge on any atom is -0.457 e. The molecule has 5 heteroatoms. The van der Waals surface area contributed by atoms with Gasteiger partial charge in [-0.2, -0.15) is 0 Å².